The van der Waals surface area contributed by atoms with Gasteiger partial charge in [0.1, 0.15) is 11.5 Å². The Morgan fingerprint density at radius 1 is 1.17 bits per heavy atom. The molecule has 0 saturated heterocycles. The lowest BCUT2D eigenvalue weighted by Crippen LogP contribution is -2.25. The Balaban J connectivity index is 1.83. The summed E-state index contributed by atoms with van der Waals surface area (Å²) in [6.07, 6.45) is 0.595. The Labute approximate surface area is 149 Å². The van der Waals surface area contributed by atoms with Crippen LogP contribution in [-0.4, -0.2) is 25.3 Å². The van der Waals surface area contributed by atoms with Crippen molar-refractivity contribution < 1.29 is 14.3 Å². The number of carbonyl (C=O) groups is 1. The number of nitrogens with one attached hydrogen (secondary N) is 1. The van der Waals surface area contributed by atoms with Crippen molar-refractivity contribution in [2.45, 2.75) is 13.3 Å². The average Bonchev–Trinajstić information content (AvgIpc) is 2.60. The number of rotatable bonds is 7. The topological polar surface area (TPSA) is 59.9 Å². The van der Waals surface area contributed by atoms with Gasteiger partial charge in [-0.3, -0.25) is 4.79 Å². The van der Waals surface area contributed by atoms with Crippen molar-refractivity contribution in [3.8, 4) is 11.5 Å². The first-order valence-electron chi connectivity index (χ1n) is 7.40. The van der Waals surface area contributed by atoms with Gasteiger partial charge in [-0.2, -0.15) is 5.10 Å². The van der Waals surface area contributed by atoms with Crippen LogP contribution in [0.3, 0.4) is 0 Å². The molecule has 0 aliphatic heterocycles. The molecule has 5 nitrogen and oxygen atoms in total. The zero-order valence-electron chi connectivity index (χ0n) is 13.6. The number of nitrogens with zero attached hydrogens (tertiary/aromatic N) is 1. The number of hydrogen-bond acceptors (Lipinski definition) is 4. The van der Waals surface area contributed by atoms with E-state index in [4.69, 9.17) is 9.47 Å². The molecular formula is C18H19BrN2O3. The highest BCUT2D eigenvalue weighted by Crippen LogP contribution is 2.18. The van der Waals surface area contributed by atoms with E-state index in [1.807, 2.05) is 43.3 Å². The van der Waals surface area contributed by atoms with Crippen LogP contribution in [-0.2, 0) is 11.2 Å². The van der Waals surface area contributed by atoms with Gasteiger partial charge in [0.05, 0.1) is 7.11 Å². The molecule has 2 rings (SSSR count). The summed E-state index contributed by atoms with van der Waals surface area (Å²) < 4.78 is 11.6. The van der Waals surface area contributed by atoms with Crippen molar-refractivity contribution in [2.75, 3.05) is 13.7 Å². The van der Waals surface area contributed by atoms with Crippen LogP contribution in [0.25, 0.3) is 0 Å². The maximum atomic E-state index is 11.8. The first kappa shape index (κ1) is 18.0. The number of benzene rings is 2. The number of para-hydroxylation sites is 1. The molecule has 1 amide bonds. The Morgan fingerprint density at radius 3 is 2.58 bits per heavy atom. The fraction of sp³-hybridized carbons (Fsp3) is 0.222. The third-order valence-electron chi connectivity index (χ3n) is 3.19. The van der Waals surface area contributed by atoms with Crippen LogP contribution in [0.1, 0.15) is 12.5 Å². The minimum Gasteiger partial charge on any atom is -0.496 e. The Kier molecular flexibility index (Phi) is 6.81. The monoisotopic (exact) mass is 390 g/mol. The highest BCUT2D eigenvalue weighted by atomic mass is 79.9. The molecule has 0 heterocycles. The number of halogens is 1. The predicted molar refractivity (Wildman–Crippen MR) is 97.6 cm³/mol. The molecule has 2 aromatic rings. The maximum absolute atomic E-state index is 11.8. The van der Waals surface area contributed by atoms with Gasteiger partial charge in [-0.25, -0.2) is 5.43 Å². The molecule has 0 unspecified atom stereocenters. The highest BCUT2D eigenvalue weighted by molar-refractivity contribution is 9.10. The Hall–Kier alpha value is -2.34. The second-order valence-corrected chi connectivity index (χ2v) is 6.03. The van der Waals surface area contributed by atoms with Gasteiger partial charge in [-0.15, -0.1) is 0 Å². The molecule has 0 saturated carbocycles. The number of hydrogen-bond donors (Lipinski definition) is 1. The minimum atomic E-state index is -0.308. The van der Waals surface area contributed by atoms with Gasteiger partial charge in [0, 0.05) is 16.6 Å². The summed E-state index contributed by atoms with van der Waals surface area (Å²) >= 11 is 3.34. The predicted octanol–water partition coefficient (Wildman–Crippen LogP) is 3.57. The van der Waals surface area contributed by atoms with Crippen LogP contribution in [0.5, 0.6) is 11.5 Å². The fourth-order valence-corrected chi connectivity index (χ4v) is 2.30. The van der Waals surface area contributed by atoms with E-state index in [1.54, 1.807) is 19.2 Å². The highest BCUT2D eigenvalue weighted by Gasteiger charge is 2.05. The van der Waals surface area contributed by atoms with E-state index in [2.05, 4.69) is 26.5 Å². The fourth-order valence-electron chi connectivity index (χ4n) is 2.03. The van der Waals surface area contributed by atoms with Gasteiger partial charge >= 0.3 is 0 Å². The van der Waals surface area contributed by atoms with Crippen molar-refractivity contribution in [3.05, 3.63) is 58.6 Å². The molecule has 0 bridgehead atoms. The molecule has 126 valence electrons. The summed E-state index contributed by atoms with van der Waals surface area (Å²) in [7, 11) is 1.63. The Bertz CT molecular complexity index is 714. The molecule has 0 fully saturated rings. The third-order valence-corrected chi connectivity index (χ3v) is 3.72. The van der Waals surface area contributed by atoms with E-state index in [9.17, 15) is 4.79 Å². The molecule has 0 aromatic heterocycles. The normalized spacial score (nSPS) is 11.0. The van der Waals surface area contributed by atoms with Gasteiger partial charge in [-0.1, -0.05) is 34.1 Å². The van der Waals surface area contributed by atoms with Crippen LogP contribution >= 0.6 is 15.9 Å². The summed E-state index contributed by atoms with van der Waals surface area (Å²) in [4.78, 5) is 11.8. The number of ether oxygens (including phenoxy) is 2. The molecular weight excluding hydrogens is 372 g/mol. The summed E-state index contributed by atoms with van der Waals surface area (Å²) in [5.41, 5.74) is 4.29. The summed E-state index contributed by atoms with van der Waals surface area (Å²) in [5, 5.41) is 4.10. The molecule has 0 atom stereocenters. The number of amides is 1. The van der Waals surface area contributed by atoms with Crippen LogP contribution < -0.4 is 14.9 Å². The second kappa shape index (κ2) is 9.08. The lowest BCUT2D eigenvalue weighted by atomic mass is 10.1. The van der Waals surface area contributed by atoms with Crippen molar-refractivity contribution in [1.29, 1.82) is 0 Å². The quantitative estimate of drug-likeness (QED) is 0.580. The SMILES string of the molecule is COc1ccccc1C/C(C)=N\NC(=O)COc1ccc(Br)cc1. The number of carbonyl (C=O) groups excluding carboxylic acids is 1. The average molecular weight is 391 g/mol. The van der Waals surface area contributed by atoms with E-state index in [-0.39, 0.29) is 12.5 Å². The molecule has 2 aromatic carbocycles. The largest absolute Gasteiger partial charge is 0.496 e. The summed E-state index contributed by atoms with van der Waals surface area (Å²) in [5.74, 6) is 1.12. The van der Waals surface area contributed by atoms with Gasteiger partial charge in [0.2, 0.25) is 0 Å². The molecule has 0 aliphatic carbocycles. The van der Waals surface area contributed by atoms with E-state index in [0.717, 1.165) is 21.5 Å². The van der Waals surface area contributed by atoms with Gasteiger partial charge in [0.25, 0.3) is 5.91 Å². The van der Waals surface area contributed by atoms with Crippen LogP contribution in [0, 0.1) is 0 Å². The molecule has 0 aliphatic rings. The number of methoxy groups -OCH3 is 1. The van der Waals surface area contributed by atoms with Gasteiger partial charge in [-0.05, 0) is 42.8 Å². The molecule has 24 heavy (non-hydrogen) atoms. The van der Waals surface area contributed by atoms with Crippen molar-refractivity contribution >= 4 is 27.5 Å². The van der Waals surface area contributed by atoms with Crippen molar-refractivity contribution in [2.24, 2.45) is 5.10 Å². The van der Waals surface area contributed by atoms with E-state index in [1.165, 1.54) is 0 Å². The van der Waals surface area contributed by atoms with Crippen molar-refractivity contribution in [3.63, 3.8) is 0 Å². The molecule has 6 heteroatoms. The standard InChI is InChI=1S/C18H19BrN2O3/c1-13(11-14-5-3-4-6-17(14)23-2)20-21-18(22)12-24-16-9-7-15(19)8-10-16/h3-10H,11-12H2,1-2H3,(H,21,22)/b20-13-. The van der Waals surface area contributed by atoms with E-state index in [0.29, 0.717) is 12.2 Å². The van der Waals surface area contributed by atoms with Gasteiger partial charge in [0.15, 0.2) is 6.61 Å². The van der Waals surface area contributed by atoms with Crippen LogP contribution in [0.2, 0.25) is 0 Å². The zero-order valence-corrected chi connectivity index (χ0v) is 15.2. The molecule has 0 radical (unpaired) electrons. The minimum absolute atomic E-state index is 0.0902. The number of hydrazone groups is 1. The van der Waals surface area contributed by atoms with Crippen LogP contribution in [0.4, 0.5) is 0 Å². The maximum Gasteiger partial charge on any atom is 0.277 e. The van der Waals surface area contributed by atoms with Crippen molar-refractivity contribution in [1.82, 2.24) is 5.43 Å². The van der Waals surface area contributed by atoms with Gasteiger partial charge < -0.3 is 9.47 Å². The zero-order chi connectivity index (χ0) is 17.4. The summed E-state index contributed by atoms with van der Waals surface area (Å²) in [6, 6.07) is 15.0. The lowest BCUT2D eigenvalue weighted by molar-refractivity contribution is -0.123. The Morgan fingerprint density at radius 2 is 1.88 bits per heavy atom. The smallest absolute Gasteiger partial charge is 0.277 e. The molecule has 1 N–H and O–H groups in total. The molecule has 0 spiro atoms. The van der Waals surface area contributed by atoms with E-state index < -0.39 is 0 Å². The lowest BCUT2D eigenvalue weighted by Gasteiger charge is -2.08. The second-order valence-electron chi connectivity index (χ2n) is 5.11. The van der Waals surface area contributed by atoms with Crippen LogP contribution in [0.15, 0.2) is 58.1 Å². The first-order valence-corrected chi connectivity index (χ1v) is 8.20. The first-order chi connectivity index (χ1) is 11.6. The summed E-state index contributed by atoms with van der Waals surface area (Å²) in [6.45, 7) is 1.76. The third kappa shape index (κ3) is 5.70. The van der Waals surface area contributed by atoms with E-state index >= 15 is 0 Å².